The van der Waals surface area contributed by atoms with Crippen molar-refractivity contribution in [3.05, 3.63) is 72.3 Å². The summed E-state index contributed by atoms with van der Waals surface area (Å²) in [6.07, 6.45) is 3.80. The highest BCUT2D eigenvalue weighted by atomic mass is 35.5. The molecule has 0 aliphatic heterocycles. The molecular weight excluding hydrogens is 471 g/mol. The van der Waals surface area contributed by atoms with Gasteiger partial charge in [-0.15, -0.1) is 11.6 Å². The topological polar surface area (TPSA) is 85.1 Å². The Balaban J connectivity index is 1.61. The van der Waals surface area contributed by atoms with Crippen molar-refractivity contribution in [1.82, 2.24) is 19.7 Å². The standard InChI is InChI=1S/C23H21ClF3N5O2/c1-22(2,33)18-11-15(7-9-28-18)30-20-12-17(8-10-29-20)34-21-13-19(23(25,26)27)31-32(21)16-5-3-14(24)4-6-16/h3,5-14,33H,4H2,1-2H3,(H,28,29,30). The van der Waals surface area contributed by atoms with E-state index in [-0.39, 0.29) is 17.0 Å². The molecule has 7 nitrogen and oxygen atoms in total. The molecule has 0 amide bonds. The zero-order valence-electron chi connectivity index (χ0n) is 18.2. The maximum atomic E-state index is 13.3. The number of alkyl halides is 4. The third-order valence-electron chi connectivity index (χ3n) is 4.85. The maximum absolute atomic E-state index is 13.3. The van der Waals surface area contributed by atoms with Crippen LogP contribution >= 0.6 is 11.6 Å². The van der Waals surface area contributed by atoms with Crippen molar-refractivity contribution >= 4 is 28.8 Å². The highest BCUT2D eigenvalue weighted by molar-refractivity contribution is 6.22. The number of rotatable bonds is 6. The zero-order valence-corrected chi connectivity index (χ0v) is 19.0. The molecule has 2 N–H and O–H groups in total. The number of ether oxygens (including phenoxy) is 1. The largest absolute Gasteiger partial charge is 0.439 e. The second-order valence-electron chi connectivity index (χ2n) is 8.11. The Labute approximate surface area is 198 Å². The first kappa shape index (κ1) is 23.8. The first-order valence-electron chi connectivity index (χ1n) is 10.3. The highest BCUT2D eigenvalue weighted by Crippen LogP contribution is 2.35. The molecule has 0 bridgehead atoms. The summed E-state index contributed by atoms with van der Waals surface area (Å²) in [7, 11) is 0. The van der Waals surface area contributed by atoms with Crippen molar-refractivity contribution < 1.29 is 23.0 Å². The molecule has 0 saturated heterocycles. The monoisotopic (exact) mass is 491 g/mol. The van der Waals surface area contributed by atoms with E-state index in [0.717, 1.165) is 10.7 Å². The van der Waals surface area contributed by atoms with Crippen molar-refractivity contribution in [3.63, 3.8) is 0 Å². The molecule has 1 aliphatic rings. The summed E-state index contributed by atoms with van der Waals surface area (Å²) in [6.45, 7) is 3.24. The van der Waals surface area contributed by atoms with Crippen LogP contribution in [0.1, 0.15) is 31.7 Å². The number of pyridine rings is 2. The SMILES string of the molecule is CC(C)(O)c1cc(Nc2cc(Oc3cc(C(F)(F)F)nn3C3=CCC(Cl)C=C3)ccn2)ccn1. The molecule has 0 fully saturated rings. The predicted molar refractivity (Wildman–Crippen MR) is 122 cm³/mol. The quantitative estimate of drug-likeness (QED) is 0.420. The average molecular weight is 492 g/mol. The lowest BCUT2D eigenvalue weighted by Crippen LogP contribution is -2.17. The molecule has 0 saturated carbocycles. The lowest BCUT2D eigenvalue weighted by molar-refractivity contribution is -0.141. The molecule has 3 heterocycles. The Morgan fingerprint density at radius 3 is 2.56 bits per heavy atom. The van der Waals surface area contributed by atoms with Crippen molar-refractivity contribution in [2.24, 2.45) is 0 Å². The average Bonchev–Trinajstić information content (AvgIpc) is 3.18. The number of allylic oxidation sites excluding steroid dienone is 4. The van der Waals surface area contributed by atoms with Gasteiger partial charge in [-0.25, -0.2) is 9.67 Å². The van der Waals surface area contributed by atoms with Crippen LogP contribution in [0.15, 0.2) is 61.0 Å². The molecule has 4 rings (SSSR count). The van der Waals surface area contributed by atoms with Crippen molar-refractivity contribution in [2.75, 3.05) is 5.32 Å². The third-order valence-corrected chi connectivity index (χ3v) is 5.18. The van der Waals surface area contributed by atoms with Crippen LogP contribution in [0, 0.1) is 0 Å². The van der Waals surface area contributed by atoms with Gasteiger partial charge < -0.3 is 15.2 Å². The molecule has 0 spiro atoms. The van der Waals surface area contributed by atoms with Crippen LogP contribution < -0.4 is 10.1 Å². The minimum absolute atomic E-state index is 0.110. The van der Waals surface area contributed by atoms with Crippen LogP contribution in [-0.2, 0) is 11.8 Å². The molecule has 0 aromatic carbocycles. The fourth-order valence-electron chi connectivity index (χ4n) is 3.15. The van der Waals surface area contributed by atoms with E-state index >= 15 is 0 Å². The molecule has 1 aliphatic carbocycles. The van der Waals surface area contributed by atoms with Gasteiger partial charge in [0.15, 0.2) is 5.69 Å². The van der Waals surface area contributed by atoms with Gasteiger partial charge in [0, 0.05) is 30.2 Å². The number of aliphatic hydroxyl groups is 1. The van der Waals surface area contributed by atoms with Crippen molar-refractivity contribution in [1.29, 1.82) is 0 Å². The van der Waals surface area contributed by atoms with E-state index in [1.54, 1.807) is 50.4 Å². The smallest absolute Gasteiger partial charge is 0.435 e. The van der Waals surface area contributed by atoms with E-state index in [1.165, 1.54) is 18.3 Å². The number of halogens is 4. The van der Waals surface area contributed by atoms with Gasteiger partial charge in [0.05, 0.1) is 16.8 Å². The molecular formula is C23H21ClF3N5O2. The van der Waals surface area contributed by atoms with Crippen molar-refractivity contribution in [3.8, 4) is 11.6 Å². The fraction of sp³-hybridized carbons (Fsp3) is 0.261. The van der Waals surface area contributed by atoms with Crippen LogP contribution in [0.5, 0.6) is 11.6 Å². The number of aromatic nitrogens is 4. The lowest BCUT2D eigenvalue weighted by atomic mass is 10.0. The first-order valence-corrected chi connectivity index (χ1v) is 10.7. The van der Waals surface area contributed by atoms with Crippen LogP contribution in [0.4, 0.5) is 24.7 Å². The summed E-state index contributed by atoms with van der Waals surface area (Å²) in [4.78, 5) is 8.37. The van der Waals surface area contributed by atoms with Crippen LogP contribution in [0.3, 0.4) is 0 Å². The van der Waals surface area contributed by atoms with E-state index in [4.69, 9.17) is 16.3 Å². The molecule has 0 radical (unpaired) electrons. The summed E-state index contributed by atoms with van der Waals surface area (Å²) in [5, 5.41) is 16.7. The van der Waals surface area contributed by atoms with E-state index < -0.39 is 17.5 Å². The molecule has 178 valence electrons. The second-order valence-corrected chi connectivity index (χ2v) is 8.67. The Hall–Kier alpha value is -3.37. The number of nitrogens with zero attached hydrogens (tertiary/aromatic N) is 4. The molecule has 34 heavy (non-hydrogen) atoms. The number of anilines is 2. The summed E-state index contributed by atoms with van der Waals surface area (Å²) >= 11 is 6.03. The minimum Gasteiger partial charge on any atom is -0.439 e. The number of nitrogens with one attached hydrogen (secondary N) is 1. The molecule has 3 aromatic rings. The van der Waals surface area contributed by atoms with E-state index in [1.807, 2.05) is 0 Å². The number of hydrogen-bond donors (Lipinski definition) is 2. The Bertz CT molecular complexity index is 1250. The van der Waals surface area contributed by atoms with E-state index in [9.17, 15) is 18.3 Å². The highest BCUT2D eigenvalue weighted by Gasteiger charge is 2.36. The maximum Gasteiger partial charge on any atom is 0.435 e. The van der Waals surface area contributed by atoms with Crippen LogP contribution in [0.2, 0.25) is 0 Å². The van der Waals surface area contributed by atoms with Gasteiger partial charge in [-0.2, -0.15) is 18.3 Å². The lowest BCUT2D eigenvalue weighted by Gasteiger charge is -2.17. The van der Waals surface area contributed by atoms with Crippen LogP contribution in [-0.4, -0.2) is 30.2 Å². The zero-order chi connectivity index (χ0) is 24.5. The predicted octanol–water partition coefficient (Wildman–Crippen LogP) is 5.86. The van der Waals surface area contributed by atoms with Gasteiger partial charge in [0.1, 0.15) is 17.2 Å². The second kappa shape index (κ2) is 9.11. The Morgan fingerprint density at radius 2 is 1.88 bits per heavy atom. The van der Waals surface area contributed by atoms with E-state index in [2.05, 4.69) is 20.4 Å². The molecule has 3 aromatic heterocycles. The summed E-state index contributed by atoms with van der Waals surface area (Å²) in [5.74, 6) is 0.524. The molecule has 1 unspecified atom stereocenters. The fourth-order valence-corrected chi connectivity index (χ4v) is 3.32. The van der Waals surface area contributed by atoms with Gasteiger partial charge in [-0.05, 0) is 44.5 Å². The van der Waals surface area contributed by atoms with Gasteiger partial charge >= 0.3 is 6.18 Å². The first-order chi connectivity index (χ1) is 16.0. The van der Waals surface area contributed by atoms with Crippen LogP contribution in [0.25, 0.3) is 5.70 Å². The van der Waals surface area contributed by atoms with E-state index in [0.29, 0.717) is 29.3 Å². The third kappa shape index (κ3) is 5.57. The Morgan fingerprint density at radius 1 is 1.12 bits per heavy atom. The van der Waals surface area contributed by atoms with Gasteiger partial charge in [-0.3, -0.25) is 4.98 Å². The summed E-state index contributed by atoms with van der Waals surface area (Å²) in [6, 6.07) is 7.26. The minimum atomic E-state index is -4.64. The van der Waals surface area contributed by atoms with Gasteiger partial charge in [0.2, 0.25) is 5.88 Å². The normalized spacial score (nSPS) is 16.3. The van der Waals surface area contributed by atoms with Gasteiger partial charge in [-0.1, -0.05) is 12.2 Å². The summed E-state index contributed by atoms with van der Waals surface area (Å²) < 4.78 is 46.9. The number of hydrogen-bond acceptors (Lipinski definition) is 6. The molecule has 11 heteroatoms. The van der Waals surface area contributed by atoms with Gasteiger partial charge in [0.25, 0.3) is 0 Å². The van der Waals surface area contributed by atoms with Crippen molar-refractivity contribution in [2.45, 2.75) is 37.4 Å². The Kier molecular flexibility index (Phi) is 6.37. The molecule has 1 atom stereocenters. The summed E-state index contributed by atoms with van der Waals surface area (Å²) in [5.41, 5.74) is -0.703.